The second-order valence-electron chi connectivity index (χ2n) is 6.06. The van der Waals surface area contributed by atoms with E-state index in [4.69, 9.17) is 15.9 Å². The van der Waals surface area contributed by atoms with Gasteiger partial charge >= 0.3 is 5.97 Å². The summed E-state index contributed by atoms with van der Waals surface area (Å²) in [7, 11) is 0. The summed E-state index contributed by atoms with van der Waals surface area (Å²) >= 11 is 1.46. The first-order valence-electron chi connectivity index (χ1n) is 8.64. The van der Waals surface area contributed by atoms with Crippen LogP contribution in [0, 0.1) is 5.92 Å². The third-order valence-electron chi connectivity index (χ3n) is 4.04. The topological polar surface area (TPSA) is 171 Å². The fourth-order valence-corrected chi connectivity index (χ4v) is 2.63. The molecule has 0 fully saturated rings. The number of hydrogen-bond donors (Lipinski definition) is 6. The van der Waals surface area contributed by atoms with Gasteiger partial charge in [-0.15, -0.1) is 0 Å². The van der Waals surface area contributed by atoms with Crippen molar-refractivity contribution in [1.29, 1.82) is 0 Å². The quantitative estimate of drug-likeness (QED) is 0.210. The van der Waals surface area contributed by atoms with Crippen LogP contribution in [-0.4, -0.2) is 77.2 Å². The maximum Gasteiger partial charge on any atom is 0.328 e. The highest BCUT2D eigenvalue weighted by Crippen LogP contribution is 2.10. The van der Waals surface area contributed by atoms with Crippen LogP contribution in [-0.2, 0) is 19.2 Å². The highest BCUT2D eigenvalue weighted by atomic mass is 32.2. The summed E-state index contributed by atoms with van der Waals surface area (Å²) in [5.41, 5.74) is 5.29. The van der Waals surface area contributed by atoms with Crippen LogP contribution in [0.25, 0.3) is 0 Å². The molecule has 0 aromatic rings. The van der Waals surface area contributed by atoms with Crippen LogP contribution < -0.4 is 21.7 Å². The van der Waals surface area contributed by atoms with Crippen LogP contribution in [0.1, 0.15) is 26.7 Å². The number of amides is 3. The molecule has 0 aromatic heterocycles. The fourth-order valence-electron chi connectivity index (χ4n) is 2.16. The Morgan fingerprint density at radius 1 is 1.07 bits per heavy atom. The minimum atomic E-state index is -1.46. The minimum absolute atomic E-state index is 0.200. The van der Waals surface area contributed by atoms with Crippen LogP contribution in [0.3, 0.4) is 0 Å². The van der Waals surface area contributed by atoms with Gasteiger partial charge in [-0.25, -0.2) is 4.79 Å². The Bertz CT molecular complexity index is 519. The van der Waals surface area contributed by atoms with Crippen molar-refractivity contribution in [2.45, 2.75) is 44.8 Å². The van der Waals surface area contributed by atoms with E-state index in [0.29, 0.717) is 12.2 Å². The molecule has 27 heavy (non-hydrogen) atoms. The predicted octanol–water partition coefficient (Wildman–Crippen LogP) is -1.72. The lowest BCUT2D eigenvalue weighted by molar-refractivity contribution is -0.143. The number of carboxylic acids is 1. The van der Waals surface area contributed by atoms with Crippen LogP contribution in [0.15, 0.2) is 0 Å². The summed E-state index contributed by atoms with van der Waals surface area (Å²) in [4.78, 5) is 47.6. The molecule has 0 bridgehead atoms. The van der Waals surface area contributed by atoms with E-state index in [1.165, 1.54) is 11.8 Å². The first kappa shape index (κ1) is 25.1. The van der Waals surface area contributed by atoms with Gasteiger partial charge in [0.25, 0.3) is 0 Å². The van der Waals surface area contributed by atoms with Crippen LogP contribution >= 0.6 is 11.8 Å². The molecule has 156 valence electrons. The molecule has 0 saturated heterocycles. The monoisotopic (exact) mass is 406 g/mol. The van der Waals surface area contributed by atoms with Gasteiger partial charge in [0.05, 0.1) is 13.2 Å². The average molecular weight is 407 g/mol. The number of nitrogens with two attached hydrogens (primary N) is 1. The van der Waals surface area contributed by atoms with Gasteiger partial charge in [-0.1, -0.05) is 20.3 Å². The third kappa shape index (κ3) is 9.07. The van der Waals surface area contributed by atoms with Gasteiger partial charge in [0.2, 0.25) is 17.7 Å². The van der Waals surface area contributed by atoms with Gasteiger partial charge in [0.1, 0.15) is 18.1 Å². The molecule has 0 aliphatic heterocycles. The number of rotatable bonds is 13. The number of aliphatic hydroxyl groups excluding tert-OH is 1. The summed E-state index contributed by atoms with van der Waals surface area (Å²) in [6.45, 7) is 2.60. The van der Waals surface area contributed by atoms with Gasteiger partial charge in [-0.3, -0.25) is 14.4 Å². The minimum Gasteiger partial charge on any atom is -0.480 e. The van der Waals surface area contributed by atoms with E-state index >= 15 is 0 Å². The van der Waals surface area contributed by atoms with Gasteiger partial charge in [0.15, 0.2) is 0 Å². The number of carbonyl (C=O) groups is 4. The van der Waals surface area contributed by atoms with Crippen molar-refractivity contribution < 1.29 is 29.4 Å². The molecule has 4 atom stereocenters. The molecule has 0 spiro atoms. The van der Waals surface area contributed by atoms with Crippen molar-refractivity contribution in [1.82, 2.24) is 16.0 Å². The highest BCUT2D eigenvalue weighted by molar-refractivity contribution is 7.98. The third-order valence-corrected chi connectivity index (χ3v) is 4.68. The second kappa shape index (κ2) is 13.3. The maximum atomic E-state index is 12.6. The van der Waals surface area contributed by atoms with Crippen molar-refractivity contribution >= 4 is 35.5 Å². The van der Waals surface area contributed by atoms with Gasteiger partial charge in [-0.05, 0) is 24.3 Å². The normalized spacial score (nSPS) is 15.1. The Kier molecular flexibility index (Phi) is 12.4. The van der Waals surface area contributed by atoms with Gasteiger partial charge in [0, 0.05) is 0 Å². The summed E-state index contributed by atoms with van der Waals surface area (Å²) in [6.07, 6.45) is 2.69. The number of thioether (sulfide) groups is 1. The van der Waals surface area contributed by atoms with Crippen molar-refractivity contribution in [2.75, 3.05) is 25.2 Å². The maximum absolute atomic E-state index is 12.6. The smallest absolute Gasteiger partial charge is 0.328 e. The number of aliphatic hydroxyl groups is 1. The van der Waals surface area contributed by atoms with E-state index in [-0.39, 0.29) is 18.9 Å². The van der Waals surface area contributed by atoms with Crippen LogP contribution in [0.2, 0.25) is 0 Å². The van der Waals surface area contributed by atoms with Crippen molar-refractivity contribution in [3.8, 4) is 0 Å². The molecular weight excluding hydrogens is 376 g/mol. The SMILES string of the molecule is CCC(C)C(NC(=O)CN)C(=O)NC(CCSC)C(=O)NC(CO)C(=O)O. The molecule has 0 saturated carbocycles. The zero-order chi connectivity index (χ0) is 21.0. The number of carbonyl (C=O) groups excluding carboxylic acids is 3. The molecule has 11 heteroatoms. The molecule has 3 amide bonds. The lowest BCUT2D eigenvalue weighted by atomic mass is 9.97. The Morgan fingerprint density at radius 2 is 1.67 bits per heavy atom. The zero-order valence-electron chi connectivity index (χ0n) is 15.9. The Hall–Kier alpha value is -1.85. The van der Waals surface area contributed by atoms with E-state index in [0.717, 1.165) is 0 Å². The Morgan fingerprint density at radius 3 is 2.11 bits per heavy atom. The lowest BCUT2D eigenvalue weighted by Gasteiger charge is -2.26. The number of aliphatic carboxylic acids is 1. The highest BCUT2D eigenvalue weighted by Gasteiger charge is 2.31. The predicted molar refractivity (Wildman–Crippen MR) is 102 cm³/mol. The van der Waals surface area contributed by atoms with E-state index in [9.17, 15) is 19.2 Å². The standard InChI is InChI=1S/C16H30N4O6S/c1-4-9(2)13(20-12(22)7-17)15(24)18-10(5-6-27-3)14(23)19-11(8-21)16(25)26/h9-11,13,21H,4-8,17H2,1-3H3,(H,18,24)(H,19,23)(H,20,22)(H,25,26). The van der Waals surface area contributed by atoms with Crippen molar-refractivity contribution in [3.05, 3.63) is 0 Å². The molecule has 4 unspecified atom stereocenters. The molecule has 0 radical (unpaired) electrons. The van der Waals surface area contributed by atoms with E-state index in [2.05, 4.69) is 16.0 Å². The summed E-state index contributed by atoms with van der Waals surface area (Å²) in [6, 6.07) is -3.34. The molecule has 10 nitrogen and oxygen atoms in total. The first-order valence-corrected chi connectivity index (χ1v) is 10.0. The Balaban J connectivity index is 5.26. The fraction of sp³-hybridized carbons (Fsp3) is 0.750. The van der Waals surface area contributed by atoms with E-state index in [1.807, 2.05) is 13.2 Å². The molecular formula is C16H30N4O6S. The van der Waals surface area contributed by atoms with Gasteiger partial charge in [-0.2, -0.15) is 11.8 Å². The summed E-state index contributed by atoms with van der Waals surface area (Å²) in [5.74, 6) is -2.80. The molecule has 0 aromatic carbocycles. The second-order valence-corrected chi connectivity index (χ2v) is 7.05. The number of nitrogens with one attached hydrogen (secondary N) is 3. The number of hydrogen-bond acceptors (Lipinski definition) is 7. The first-order chi connectivity index (χ1) is 12.7. The molecule has 0 aliphatic rings. The van der Waals surface area contributed by atoms with Crippen molar-refractivity contribution in [2.24, 2.45) is 11.7 Å². The van der Waals surface area contributed by atoms with Crippen molar-refractivity contribution in [3.63, 3.8) is 0 Å². The zero-order valence-corrected chi connectivity index (χ0v) is 16.7. The largest absolute Gasteiger partial charge is 0.480 e. The molecule has 0 heterocycles. The molecule has 0 aliphatic carbocycles. The molecule has 7 N–H and O–H groups in total. The summed E-state index contributed by atoms with van der Waals surface area (Å²) in [5, 5.41) is 25.3. The number of carboxylic acid groups (broad SMARTS) is 1. The Labute approximate surface area is 163 Å². The van der Waals surface area contributed by atoms with Crippen LogP contribution in [0.5, 0.6) is 0 Å². The summed E-state index contributed by atoms with van der Waals surface area (Å²) < 4.78 is 0. The average Bonchev–Trinajstić information content (AvgIpc) is 2.65. The van der Waals surface area contributed by atoms with Crippen LogP contribution in [0.4, 0.5) is 0 Å². The lowest BCUT2D eigenvalue weighted by Crippen LogP contribution is -2.58. The molecule has 0 rings (SSSR count). The van der Waals surface area contributed by atoms with Gasteiger partial charge < -0.3 is 31.9 Å². The van der Waals surface area contributed by atoms with E-state index in [1.54, 1.807) is 6.92 Å². The van der Waals surface area contributed by atoms with E-state index < -0.39 is 48.4 Å².